The Labute approximate surface area is 193 Å². The maximum absolute atomic E-state index is 12.7. The molecule has 1 aliphatic heterocycles. The maximum Gasteiger partial charge on any atom is 0.338 e. The molecule has 8 heteroatoms. The normalized spacial score (nSPS) is 15.8. The number of benzene rings is 2. The van der Waals surface area contributed by atoms with Gasteiger partial charge in [0.25, 0.3) is 0 Å². The van der Waals surface area contributed by atoms with Gasteiger partial charge in [0.2, 0.25) is 0 Å². The summed E-state index contributed by atoms with van der Waals surface area (Å²) >= 11 is 5.43. The number of hydrogen-bond donors (Lipinski definition) is 3. The van der Waals surface area contributed by atoms with Gasteiger partial charge in [-0.15, -0.1) is 0 Å². The minimum absolute atomic E-state index is 0.275. The van der Waals surface area contributed by atoms with Crippen molar-refractivity contribution in [2.24, 2.45) is 0 Å². The second kappa shape index (κ2) is 9.82. The molecule has 1 atom stereocenters. The lowest BCUT2D eigenvalue weighted by molar-refractivity contribution is -0.139. The van der Waals surface area contributed by atoms with Crippen LogP contribution in [-0.2, 0) is 9.53 Å². The molecule has 1 unspecified atom stereocenters. The molecule has 168 valence electrons. The van der Waals surface area contributed by atoms with E-state index in [2.05, 4.69) is 16.0 Å². The molecule has 2 aromatic rings. The Morgan fingerprint density at radius 1 is 1.06 bits per heavy atom. The first-order chi connectivity index (χ1) is 15.2. The molecular weight excluding hydrogens is 424 g/mol. The monoisotopic (exact) mass is 452 g/mol. The summed E-state index contributed by atoms with van der Waals surface area (Å²) in [5.74, 6) is -0.400. The number of rotatable bonds is 5. The summed E-state index contributed by atoms with van der Waals surface area (Å²) in [6.07, 6.45) is 0. The molecule has 2 aromatic carbocycles. The number of anilines is 2. The number of esters is 1. The van der Waals surface area contributed by atoms with E-state index in [1.807, 2.05) is 57.2 Å². The first kappa shape index (κ1) is 23.3. The van der Waals surface area contributed by atoms with Crippen LogP contribution in [0.15, 0.2) is 53.7 Å². The molecule has 0 aliphatic carbocycles. The number of amides is 2. The van der Waals surface area contributed by atoms with Crippen molar-refractivity contribution in [2.75, 3.05) is 24.3 Å². The Kier molecular flexibility index (Phi) is 7.15. The van der Waals surface area contributed by atoms with Crippen LogP contribution in [0.3, 0.4) is 0 Å². The lowest BCUT2D eigenvalue weighted by atomic mass is 9.95. The van der Waals surface area contributed by atoms with Gasteiger partial charge in [0.05, 0.1) is 18.2 Å². The third kappa shape index (κ3) is 5.08. The molecule has 0 bridgehead atoms. The van der Waals surface area contributed by atoms with Gasteiger partial charge in [-0.1, -0.05) is 18.2 Å². The number of urea groups is 1. The zero-order valence-corrected chi connectivity index (χ0v) is 19.7. The highest BCUT2D eigenvalue weighted by molar-refractivity contribution is 7.80. The molecular formula is C24H28N4O3S. The Morgan fingerprint density at radius 2 is 1.75 bits per heavy atom. The highest BCUT2D eigenvalue weighted by atomic mass is 32.1. The zero-order valence-electron chi connectivity index (χ0n) is 18.9. The molecule has 0 saturated carbocycles. The number of hydrogen-bond acceptors (Lipinski definition) is 4. The van der Waals surface area contributed by atoms with Crippen molar-refractivity contribution in [3.63, 3.8) is 0 Å². The van der Waals surface area contributed by atoms with Crippen molar-refractivity contribution < 1.29 is 14.3 Å². The lowest BCUT2D eigenvalue weighted by Crippen LogP contribution is -2.46. The van der Waals surface area contributed by atoms with Crippen LogP contribution in [-0.4, -0.2) is 35.7 Å². The van der Waals surface area contributed by atoms with Gasteiger partial charge >= 0.3 is 12.0 Å². The van der Waals surface area contributed by atoms with Crippen LogP contribution in [0.25, 0.3) is 0 Å². The molecule has 0 saturated heterocycles. The van der Waals surface area contributed by atoms with E-state index in [1.54, 1.807) is 24.9 Å². The predicted molar refractivity (Wildman–Crippen MR) is 131 cm³/mol. The fourth-order valence-corrected chi connectivity index (χ4v) is 3.72. The van der Waals surface area contributed by atoms with Crippen LogP contribution >= 0.6 is 12.2 Å². The molecule has 3 rings (SSSR count). The van der Waals surface area contributed by atoms with E-state index >= 15 is 0 Å². The summed E-state index contributed by atoms with van der Waals surface area (Å²) in [6, 6.07) is 12.2. The van der Waals surface area contributed by atoms with E-state index in [0.717, 1.165) is 22.4 Å². The number of nitrogens with one attached hydrogen (secondary N) is 3. The number of carbonyl (C=O) groups excluding carboxylic acids is 2. The highest BCUT2D eigenvalue weighted by Crippen LogP contribution is 2.32. The Balaban J connectivity index is 1.83. The van der Waals surface area contributed by atoms with E-state index in [0.29, 0.717) is 22.1 Å². The predicted octanol–water partition coefficient (Wildman–Crippen LogP) is 4.65. The van der Waals surface area contributed by atoms with Crippen LogP contribution in [0.2, 0.25) is 0 Å². The summed E-state index contributed by atoms with van der Waals surface area (Å²) in [5, 5.41) is 9.41. The molecule has 2 amide bonds. The fraction of sp³-hybridized carbons (Fsp3) is 0.292. The summed E-state index contributed by atoms with van der Waals surface area (Å²) < 4.78 is 5.28. The number of thiocarbonyl (C=S) groups is 1. The molecule has 1 heterocycles. The summed E-state index contributed by atoms with van der Waals surface area (Å²) in [5.41, 5.74) is 5.56. The zero-order chi connectivity index (χ0) is 23.4. The van der Waals surface area contributed by atoms with Gasteiger partial charge in [0, 0.05) is 24.1 Å². The van der Waals surface area contributed by atoms with E-state index < -0.39 is 12.0 Å². The highest BCUT2D eigenvalue weighted by Gasteiger charge is 2.33. The van der Waals surface area contributed by atoms with E-state index in [9.17, 15) is 9.59 Å². The smallest absolute Gasteiger partial charge is 0.338 e. The Hall–Kier alpha value is -3.39. The Morgan fingerprint density at radius 3 is 2.41 bits per heavy atom. The number of allylic oxidation sites excluding steroid dienone is 1. The number of nitrogens with zero attached hydrogens (tertiary/aromatic N) is 1. The third-order valence-electron chi connectivity index (χ3n) is 5.49. The minimum Gasteiger partial charge on any atom is -0.463 e. The fourth-order valence-electron chi connectivity index (χ4n) is 3.47. The van der Waals surface area contributed by atoms with E-state index in [1.165, 1.54) is 0 Å². The maximum atomic E-state index is 12.7. The molecule has 0 radical (unpaired) electrons. The molecule has 3 N–H and O–H groups in total. The van der Waals surface area contributed by atoms with Gasteiger partial charge < -0.3 is 25.6 Å². The average Bonchev–Trinajstić information content (AvgIpc) is 2.74. The minimum atomic E-state index is -0.484. The van der Waals surface area contributed by atoms with Crippen molar-refractivity contribution in [3.05, 3.63) is 70.4 Å². The van der Waals surface area contributed by atoms with E-state index in [4.69, 9.17) is 17.0 Å². The van der Waals surface area contributed by atoms with Crippen molar-refractivity contribution in [3.8, 4) is 0 Å². The van der Waals surface area contributed by atoms with Gasteiger partial charge in [0.15, 0.2) is 5.11 Å². The largest absolute Gasteiger partial charge is 0.463 e. The van der Waals surface area contributed by atoms with Crippen molar-refractivity contribution in [2.45, 2.75) is 33.7 Å². The van der Waals surface area contributed by atoms with Gasteiger partial charge in [-0.25, -0.2) is 9.59 Å². The molecule has 7 nitrogen and oxygen atoms in total. The van der Waals surface area contributed by atoms with Gasteiger partial charge in [0.1, 0.15) is 0 Å². The van der Waals surface area contributed by atoms with Crippen LogP contribution in [0.1, 0.15) is 36.6 Å². The first-order valence-electron chi connectivity index (χ1n) is 10.4. The molecule has 1 aliphatic rings. The standard InChI is InChI=1S/C24H28N4O3S/c1-6-31-22(29)20-16(4)28(5)24(32)27-21(20)17-8-7-9-18(13-17)25-23(30)26-19-11-10-14(2)15(3)12-19/h7-13,21H,6H2,1-5H3,(H,27,32)(H2,25,26,30). The van der Waals surface area contributed by atoms with Crippen LogP contribution in [0.4, 0.5) is 16.2 Å². The van der Waals surface area contributed by atoms with Crippen LogP contribution in [0.5, 0.6) is 0 Å². The number of ether oxygens (including phenoxy) is 1. The topological polar surface area (TPSA) is 82.7 Å². The summed E-state index contributed by atoms with van der Waals surface area (Å²) in [6.45, 7) is 7.90. The number of carbonyl (C=O) groups is 2. The SMILES string of the molecule is CCOC(=O)C1=C(C)N(C)C(=S)NC1c1cccc(NC(=O)Nc2ccc(C)c(C)c2)c1. The van der Waals surface area contributed by atoms with Crippen molar-refractivity contribution in [1.82, 2.24) is 10.2 Å². The Bertz CT molecular complexity index is 1100. The molecule has 0 spiro atoms. The van der Waals surface area contributed by atoms with Crippen LogP contribution in [0, 0.1) is 13.8 Å². The van der Waals surface area contributed by atoms with Crippen molar-refractivity contribution in [1.29, 1.82) is 0 Å². The molecule has 0 aromatic heterocycles. The van der Waals surface area contributed by atoms with Gasteiger partial charge in [-0.05, 0) is 80.9 Å². The molecule has 32 heavy (non-hydrogen) atoms. The average molecular weight is 453 g/mol. The van der Waals surface area contributed by atoms with Gasteiger partial charge in [-0.3, -0.25) is 0 Å². The second-order valence-corrected chi connectivity index (χ2v) is 8.05. The first-order valence-corrected chi connectivity index (χ1v) is 10.8. The summed E-state index contributed by atoms with van der Waals surface area (Å²) in [4.78, 5) is 27.0. The third-order valence-corrected chi connectivity index (χ3v) is 5.88. The lowest BCUT2D eigenvalue weighted by Gasteiger charge is -2.35. The van der Waals surface area contributed by atoms with E-state index in [-0.39, 0.29) is 12.6 Å². The van der Waals surface area contributed by atoms with Crippen LogP contribution < -0.4 is 16.0 Å². The van der Waals surface area contributed by atoms with Crippen molar-refractivity contribution >= 4 is 40.7 Å². The molecule has 0 fully saturated rings. The van der Waals surface area contributed by atoms with Gasteiger partial charge in [-0.2, -0.15) is 0 Å². The quantitative estimate of drug-likeness (QED) is 0.453. The number of aryl methyl sites for hydroxylation is 2. The summed E-state index contributed by atoms with van der Waals surface area (Å²) in [7, 11) is 1.80. The second-order valence-electron chi connectivity index (χ2n) is 7.66.